The summed E-state index contributed by atoms with van der Waals surface area (Å²) < 4.78 is 27.3. The van der Waals surface area contributed by atoms with Gasteiger partial charge in [-0.3, -0.25) is 9.69 Å². The van der Waals surface area contributed by atoms with Crippen molar-refractivity contribution in [1.29, 1.82) is 0 Å². The molecule has 1 N–H and O–H groups in total. The first-order chi connectivity index (χ1) is 9.51. The fourth-order valence-electron chi connectivity index (χ4n) is 2.81. The Balaban J connectivity index is 2.13. The van der Waals surface area contributed by atoms with E-state index in [4.69, 9.17) is 5.11 Å². The van der Waals surface area contributed by atoms with Crippen molar-refractivity contribution in [1.82, 2.24) is 4.90 Å². The van der Waals surface area contributed by atoms with Gasteiger partial charge in [0, 0.05) is 25.2 Å². The van der Waals surface area contributed by atoms with Crippen molar-refractivity contribution in [3.63, 3.8) is 0 Å². The Morgan fingerprint density at radius 1 is 1.35 bits per heavy atom. The molecule has 1 aliphatic rings. The Hall–Kier alpha value is -1.49. The van der Waals surface area contributed by atoms with Crippen LogP contribution < -0.4 is 0 Å². The molecule has 0 spiro atoms. The van der Waals surface area contributed by atoms with Gasteiger partial charge in [-0.1, -0.05) is 19.4 Å². The topological polar surface area (TPSA) is 40.5 Å². The molecule has 5 heteroatoms. The zero-order valence-corrected chi connectivity index (χ0v) is 11.5. The van der Waals surface area contributed by atoms with E-state index in [1.54, 1.807) is 0 Å². The van der Waals surface area contributed by atoms with Gasteiger partial charge in [-0.05, 0) is 24.5 Å². The number of carboxylic acids is 1. The number of carboxylic acid groups (broad SMARTS) is 1. The molecule has 1 aromatic rings. The van der Waals surface area contributed by atoms with Crippen molar-refractivity contribution >= 4 is 5.97 Å². The molecule has 1 aromatic carbocycles. The molecule has 2 rings (SSSR count). The number of piperidine rings is 1. The van der Waals surface area contributed by atoms with Crippen LogP contribution in [0.1, 0.15) is 25.3 Å². The summed E-state index contributed by atoms with van der Waals surface area (Å²) in [4.78, 5) is 13.0. The molecular weight excluding hydrogens is 264 g/mol. The Morgan fingerprint density at radius 3 is 2.55 bits per heavy atom. The molecule has 0 bridgehead atoms. The first-order valence-electron chi connectivity index (χ1n) is 6.89. The SMILES string of the molecule is CCC1CC(C(=O)O)CN(Cc2c(F)cccc2F)C1. The van der Waals surface area contributed by atoms with Gasteiger partial charge >= 0.3 is 5.97 Å². The normalized spacial score (nSPS) is 23.8. The molecule has 0 amide bonds. The zero-order chi connectivity index (χ0) is 14.7. The maximum Gasteiger partial charge on any atom is 0.307 e. The van der Waals surface area contributed by atoms with Crippen LogP contribution in [0.3, 0.4) is 0 Å². The van der Waals surface area contributed by atoms with Crippen molar-refractivity contribution in [2.75, 3.05) is 13.1 Å². The number of hydrogen-bond donors (Lipinski definition) is 1. The average molecular weight is 283 g/mol. The average Bonchev–Trinajstić information content (AvgIpc) is 2.42. The number of likely N-dealkylation sites (tertiary alicyclic amines) is 1. The third-order valence-electron chi connectivity index (χ3n) is 3.98. The minimum Gasteiger partial charge on any atom is -0.481 e. The molecule has 1 fully saturated rings. The summed E-state index contributed by atoms with van der Waals surface area (Å²) in [5.74, 6) is -2.17. The summed E-state index contributed by atoms with van der Waals surface area (Å²) in [6.07, 6.45) is 1.52. The molecule has 2 unspecified atom stereocenters. The summed E-state index contributed by atoms with van der Waals surface area (Å²) in [6.45, 7) is 3.17. The Kier molecular flexibility index (Phi) is 4.70. The Labute approximate surface area is 117 Å². The van der Waals surface area contributed by atoms with Gasteiger partial charge in [-0.2, -0.15) is 0 Å². The Morgan fingerprint density at radius 2 is 2.00 bits per heavy atom. The summed E-state index contributed by atoms with van der Waals surface area (Å²) in [6, 6.07) is 3.79. The molecule has 1 aliphatic heterocycles. The minimum atomic E-state index is -0.831. The van der Waals surface area contributed by atoms with E-state index in [1.165, 1.54) is 18.2 Å². The largest absolute Gasteiger partial charge is 0.481 e. The van der Waals surface area contributed by atoms with E-state index in [-0.39, 0.29) is 18.0 Å². The van der Waals surface area contributed by atoms with E-state index in [0.29, 0.717) is 19.5 Å². The van der Waals surface area contributed by atoms with E-state index >= 15 is 0 Å². The highest BCUT2D eigenvalue weighted by atomic mass is 19.1. The highest BCUT2D eigenvalue weighted by Gasteiger charge is 2.31. The van der Waals surface area contributed by atoms with Crippen LogP contribution in [-0.2, 0) is 11.3 Å². The second-order valence-corrected chi connectivity index (χ2v) is 5.44. The lowest BCUT2D eigenvalue weighted by Crippen LogP contribution is -2.42. The number of carbonyl (C=O) groups is 1. The van der Waals surface area contributed by atoms with Crippen LogP contribution in [0.4, 0.5) is 8.78 Å². The van der Waals surface area contributed by atoms with Crippen LogP contribution >= 0.6 is 0 Å². The number of halogens is 2. The lowest BCUT2D eigenvalue weighted by atomic mass is 9.87. The summed E-state index contributed by atoms with van der Waals surface area (Å²) >= 11 is 0. The van der Waals surface area contributed by atoms with Gasteiger partial charge in [0.25, 0.3) is 0 Å². The van der Waals surface area contributed by atoms with Crippen LogP contribution in [0, 0.1) is 23.5 Å². The van der Waals surface area contributed by atoms with Gasteiger partial charge in [0.15, 0.2) is 0 Å². The molecule has 1 heterocycles. The summed E-state index contributed by atoms with van der Waals surface area (Å²) in [5, 5.41) is 9.17. The lowest BCUT2D eigenvalue weighted by molar-refractivity contribution is -0.144. The van der Waals surface area contributed by atoms with Crippen LogP contribution in [0.5, 0.6) is 0 Å². The molecule has 0 aromatic heterocycles. The third kappa shape index (κ3) is 3.33. The molecular formula is C15H19F2NO2. The van der Waals surface area contributed by atoms with E-state index in [2.05, 4.69) is 0 Å². The quantitative estimate of drug-likeness (QED) is 0.923. The monoisotopic (exact) mass is 283 g/mol. The highest BCUT2D eigenvalue weighted by molar-refractivity contribution is 5.70. The second kappa shape index (κ2) is 6.31. The van der Waals surface area contributed by atoms with Crippen molar-refractivity contribution in [3.05, 3.63) is 35.4 Å². The smallest absolute Gasteiger partial charge is 0.307 e. The van der Waals surface area contributed by atoms with Crippen LogP contribution in [0.15, 0.2) is 18.2 Å². The van der Waals surface area contributed by atoms with Crippen LogP contribution in [0.25, 0.3) is 0 Å². The fourth-order valence-corrected chi connectivity index (χ4v) is 2.81. The Bertz CT molecular complexity index is 473. The molecule has 110 valence electrons. The van der Waals surface area contributed by atoms with E-state index in [9.17, 15) is 13.6 Å². The zero-order valence-electron chi connectivity index (χ0n) is 11.5. The minimum absolute atomic E-state index is 0.0217. The van der Waals surface area contributed by atoms with E-state index in [0.717, 1.165) is 6.42 Å². The van der Waals surface area contributed by atoms with E-state index in [1.807, 2.05) is 11.8 Å². The van der Waals surface area contributed by atoms with Crippen LogP contribution in [0.2, 0.25) is 0 Å². The molecule has 0 aliphatic carbocycles. The standard InChI is InChI=1S/C15H19F2NO2/c1-2-10-6-11(15(19)20)8-18(7-10)9-12-13(16)4-3-5-14(12)17/h3-5,10-11H,2,6-9H2,1H3,(H,19,20). The van der Waals surface area contributed by atoms with E-state index < -0.39 is 23.5 Å². The molecule has 3 nitrogen and oxygen atoms in total. The van der Waals surface area contributed by atoms with Crippen molar-refractivity contribution < 1.29 is 18.7 Å². The number of rotatable bonds is 4. The molecule has 0 saturated carbocycles. The van der Waals surface area contributed by atoms with Gasteiger partial charge in [-0.15, -0.1) is 0 Å². The van der Waals surface area contributed by atoms with Gasteiger partial charge in [0.2, 0.25) is 0 Å². The summed E-state index contributed by atoms with van der Waals surface area (Å²) in [5.41, 5.74) is 0.0217. The fraction of sp³-hybridized carbons (Fsp3) is 0.533. The van der Waals surface area contributed by atoms with Gasteiger partial charge in [0.1, 0.15) is 11.6 Å². The lowest BCUT2D eigenvalue weighted by Gasteiger charge is -2.35. The summed E-state index contributed by atoms with van der Waals surface area (Å²) in [7, 11) is 0. The highest BCUT2D eigenvalue weighted by Crippen LogP contribution is 2.26. The number of nitrogens with zero attached hydrogens (tertiary/aromatic N) is 1. The molecule has 1 saturated heterocycles. The molecule has 0 radical (unpaired) electrons. The van der Waals surface area contributed by atoms with Gasteiger partial charge in [-0.25, -0.2) is 8.78 Å². The maximum absolute atomic E-state index is 13.7. The maximum atomic E-state index is 13.7. The predicted octanol–water partition coefficient (Wildman–Crippen LogP) is 2.90. The van der Waals surface area contributed by atoms with Gasteiger partial charge in [0.05, 0.1) is 5.92 Å². The van der Waals surface area contributed by atoms with Gasteiger partial charge < -0.3 is 5.11 Å². The van der Waals surface area contributed by atoms with Crippen LogP contribution in [-0.4, -0.2) is 29.1 Å². The first-order valence-corrected chi connectivity index (χ1v) is 6.89. The van der Waals surface area contributed by atoms with Crippen molar-refractivity contribution in [3.8, 4) is 0 Å². The third-order valence-corrected chi connectivity index (χ3v) is 3.98. The predicted molar refractivity (Wildman–Crippen MR) is 71.2 cm³/mol. The molecule has 2 atom stereocenters. The van der Waals surface area contributed by atoms with Crippen molar-refractivity contribution in [2.45, 2.75) is 26.3 Å². The molecule has 20 heavy (non-hydrogen) atoms. The van der Waals surface area contributed by atoms with Crippen molar-refractivity contribution in [2.24, 2.45) is 11.8 Å². The number of hydrogen-bond acceptors (Lipinski definition) is 2. The first kappa shape index (κ1) is 14.9. The second-order valence-electron chi connectivity index (χ2n) is 5.44. The number of aliphatic carboxylic acids is 1. The number of benzene rings is 1.